The lowest BCUT2D eigenvalue weighted by Crippen LogP contribution is -2.28. The van der Waals surface area contributed by atoms with Crippen LogP contribution in [0.1, 0.15) is 17.5 Å². The SMILES string of the molecule is CNC(CCc1ccsc1)CSc1ccc(C)cc1. The maximum atomic E-state index is 3.43. The van der Waals surface area contributed by atoms with Crippen LogP contribution in [0, 0.1) is 6.92 Å². The summed E-state index contributed by atoms with van der Waals surface area (Å²) < 4.78 is 0. The van der Waals surface area contributed by atoms with E-state index in [1.807, 2.05) is 11.8 Å². The van der Waals surface area contributed by atoms with Crippen LogP contribution < -0.4 is 5.32 Å². The summed E-state index contributed by atoms with van der Waals surface area (Å²) in [6.45, 7) is 2.13. The fourth-order valence-corrected chi connectivity index (χ4v) is 3.68. The van der Waals surface area contributed by atoms with E-state index in [4.69, 9.17) is 0 Å². The molecule has 1 unspecified atom stereocenters. The van der Waals surface area contributed by atoms with E-state index < -0.39 is 0 Å². The fraction of sp³-hybridized carbons (Fsp3) is 0.375. The predicted molar refractivity (Wildman–Crippen MR) is 87.4 cm³/mol. The molecule has 3 heteroatoms. The molecule has 1 aromatic carbocycles. The van der Waals surface area contributed by atoms with Crippen molar-refractivity contribution in [3.05, 3.63) is 52.2 Å². The minimum Gasteiger partial charge on any atom is -0.316 e. The van der Waals surface area contributed by atoms with E-state index in [0.717, 1.165) is 5.75 Å². The first-order valence-electron chi connectivity index (χ1n) is 6.65. The van der Waals surface area contributed by atoms with Crippen molar-refractivity contribution in [2.75, 3.05) is 12.8 Å². The summed E-state index contributed by atoms with van der Waals surface area (Å²) in [6.07, 6.45) is 2.37. The highest BCUT2D eigenvalue weighted by Crippen LogP contribution is 2.20. The molecule has 1 aromatic heterocycles. The number of benzene rings is 1. The molecule has 0 saturated heterocycles. The molecule has 0 aliphatic carbocycles. The highest BCUT2D eigenvalue weighted by molar-refractivity contribution is 7.99. The van der Waals surface area contributed by atoms with Gasteiger partial charge < -0.3 is 5.32 Å². The number of nitrogens with one attached hydrogen (secondary N) is 1. The molecule has 19 heavy (non-hydrogen) atoms. The fourth-order valence-electron chi connectivity index (χ4n) is 1.92. The van der Waals surface area contributed by atoms with Crippen LogP contribution >= 0.6 is 23.1 Å². The number of rotatable bonds is 7. The number of aryl methyl sites for hydroxylation is 2. The minimum atomic E-state index is 0.575. The highest BCUT2D eigenvalue weighted by Gasteiger charge is 2.07. The third kappa shape index (κ3) is 5.01. The second kappa shape index (κ2) is 7.73. The van der Waals surface area contributed by atoms with Crippen molar-refractivity contribution >= 4 is 23.1 Å². The zero-order valence-corrected chi connectivity index (χ0v) is 13.2. The average molecular weight is 291 g/mol. The first kappa shape index (κ1) is 14.6. The smallest absolute Gasteiger partial charge is 0.0161 e. The average Bonchev–Trinajstić information content (AvgIpc) is 2.94. The van der Waals surface area contributed by atoms with Gasteiger partial charge in [-0.15, -0.1) is 11.8 Å². The Hall–Kier alpha value is -0.770. The Morgan fingerprint density at radius 1 is 1.21 bits per heavy atom. The summed E-state index contributed by atoms with van der Waals surface area (Å²) in [5.41, 5.74) is 2.79. The summed E-state index contributed by atoms with van der Waals surface area (Å²) in [5, 5.41) is 7.84. The molecule has 0 saturated carbocycles. The van der Waals surface area contributed by atoms with E-state index in [-0.39, 0.29) is 0 Å². The van der Waals surface area contributed by atoms with Gasteiger partial charge in [0.05, 0.1) is 0 Å². The molecule has 0 aliphatic heterocycles. The Balaban J connectivity index is 1.77. The quantitative estimate of drug-likeness (QED) is 0.760. The molecule has 2 aromatic rings. The molecule has 0 spiro atoms. The number of hydrogen-bond donors (Lipinski definition) is 1. The lowest BCUT2D eigenvalue weighted by Gasteiger charge is -2.15. The topological polar surface area (TPSA) is 12.0 Å². The Morgan fingerprint density at radius 2 is 2.00 bits per heavy atom. The van der Waals surface area contributed by atoms with Gasteiger partial charge in [-0.25, -0.2) is 0 Å². The molecule has 0 bridgehead atoms. The number of thioether (sulfide) groups is 1. The van der Waals surface area contributed by atoms with Crippen molar-refractivity contribution in [2.24, 2.45) is 0 Å². The lowest BCUT2D eigenvalue weighted by molar-refractivity contribution is 0.573. The van der Waals surface area contributed by atoms with E-state index >= 15 is 0 Å². The second-order valence-corrected chi connectivity index (χ2v) is 6.65. The van der Waals surface area contributed by atoms with Gasteiger partial charge in [0.1, 0.15) is 0 Å². The van der Waals surface area contributed by atoms with Crippen molar-refractivity contribution in [3.8, 4) is 0 Å². The van der Waals surface area contributed by atoms with Crippen LogP contribution in [-0.4, -0.2) is 18.8 Å². The summed E-state index contributed by atoms with van der Waals surface area (Å²) in [5.74, 6) is 1.13. The molecule has 0 fully saturated rings. The summed E-state index contributed by atoms with van der Waals surface area (Å²) in [4.78, 5) is 1.36. The van der Waals surface area contributed by atoms with Crippen molar-refractivity contribution in [1.82, 2.24) is 5.32 Å². The van der Waals surface area contributed by atoms with Crippen LogP contribution in [0.15, 0.2) is 46.0 Å². The van der Waals surface area contributed by atoms with Crippen LogP contribution in [0.3, 0.4) is 0 Å². The van der Waals surface area contributed by atoms with Crippen molar-refractivity contribution in [2.45, 2.75) is 30.7 Å². The second-order valence-electron chi connectivity index (χ2n) is 4.78. The van der Waals surface area contributed by atoms with Gasteiger partial charge in [0, 0.05) is 16.7 Å². The maximum absolute atomic E-state index is 3.43. The van der Waals surface area contributed by atoms with Crippen LogP contribution in [0.2, 0.25) is 0 Å². The van der Waals surface area contributed by atoms with Gasteiger partial charge in [0.2, 0.25) is 0 Å². The molecule has 1 nitrogen and oxygen atoms in total. The summed E-state index contributed by atoms with van der Waals surface area (Å²) in [7, 11) is 2.06. The van der Waals surface area contributed by atoms with Gasteiger partial charge in [-0.05, 0) is 61.3 Å². The van der Waals surface area contributed by atoms with E-state index in [1.165, 1.54) is 28.9 Å². The van der Waals surface area contributed by atoms with E-state index in [0.29, 0.717) is 6.04 Å². The molecule has 1 heterocycles. The first-order valence-corrected chi connectivity index (χ1v) is 8.58. The van der Waals surface area contributed by atoms with Gasteiger partial charge in [-0.1, -0.05) is 17.7 Å². The molecular weight excluding hydrogens is 270 g/mol. The molecule has 1 atom stereocenters. The standard InChI is InChI=1S/C16H21NS2/c1-13-3-7-16(8-4-13)19-12-15(17-2)6-5-14-9-10-18-11-14/h3-4,7-11,15,17H,5-6,12H2,1-2H3. The number of thiophene rings is 1. The number of hydrogen-bond acceptors (Lipinski definition) is 3. The van der Waals surface area contributed by atoms with Crippen LogP contribution in [-0.2, 0) is 6.42 Å². The molecule has 0 aliphatic rings. The van der Waals surface area contributed by atoms with E-state index in [1.54, 1.807) is 11.3 Å². The molecule has 2 rings (SSSR count). The molecule has 1 N–H and O–H groups in total. The lowest BCUT2D eigenvalue weighted by atomic mass is 10.1. The van der Waals surface area contributed by atoms with Gasteiger partial charge in [-0.2, -0.15) is 11.3 Å². The van der Waals surface area contributed by atoms with Crippen molar-refractivity contribution in [1.29, 1.82) is 0 Å². The van der Waals surface area contributed by atoms with Crippen LogP contribution in [0.25, 0.3) is 0 Å². The molecular formula is C16H21NS2. The Morgan fingerprint density at radius 3 is 2.63 bits per heavy atom. The van der Waals surface area contributed by atoms with Gasteiger partial charge in [0.15, 0.2) is 0 Å². The zero-order valence-electron chi connectivity index (χ0n) is 11.6. The van der Waals surface area contributed by atoms with E-state index in [9.17, 15) is 0 Å². The Bertz CT molecular complexity index is 462. The van der Waals surface area contributed by atoms with Gasteiger partial charge in [0.25, 0.3) is 0 Å². The van der Waals surface area contributed by atoms with Gasteiger partial charge >= 0.3 is 0 Å². The molecule has 102 valence electrons. The third-order valence-electron chi connectivity index (χ3n) is 3.24. The van der Waals surface area contributed by atoms with Crippen LogP contribution in [0.5, 0.6) is 0 Å². The normalized spacial score (nSPS) is 12.5. The van der Waals surface area contributed by atoms with Crippen LogP contribution in [0.4, 0.5) is 0 Å². The highest BCUT2D eigenvalue weighted by atomic mass is 32.2. The third-order valence-corrected chi connectivity index (χ3v) is 5.15. The van der Waals surface area contributed by atoms with E-state index in [2.05, 4.69) is 60.4 Å². The van der Waals surface area contributed by atoms with Crippen molar-refractivity contribution < 1.29 is 0 Å². The monoisotopic (exact) mass is 291 g/mol. The molecule has 0 amide bonds. The minimum absolute atomic E-state index is 0.575. The summed E-state index contributed by atoms with van der Waals surface area (Å²) >= 11 is 3.72. The largest absolute Gasteiger partial charge is 0.316 e. The molecule has 0 radical (unpaired) electrons. The summed E-state index contributed by atoms with van der Waals surface area (Å²) in [6, 6.07) is 11.6. The van der Waals surface area contributed by atoms with Crippen molar-refractivity contribution in [3.63, 3.8) is 0 Å². The van der Waals surface area contributed by atoms with Gasteiger partial charge in [-0.3, -0.25) is 0 Å². The first-order chi connectivity index (χ1) is 9.28. The maximum Gasteiger partial charge on any atom is 0.0161 e. The Kier molecular flexibility index (Phi) is 5.95. The Labute approximate surface area is 124 Å². The predicted octanol–water partition coefficient (Wildman–Crippen LogP) is 4.37. The zero-order chi connectivity index (χ0) is 13.5.